The van der Waals surface area contributed by atoms with Crippen LogP contribution in [0.2, 0.25) is 0 Å². The van der Waals surface area contributed by atoms with Gasteiger partial charge in [0.1, 0.15) is 4.21 Å². The average Bonchev–Trinajstić information content (AvgIpc) is 2.76. The van der Waals surface area contributed by atoms with E-state index in [2.05, 4.69) is 26.0 Å². The Hall–Kier alpha value is 0.01000. The molecule has 0 amide bonds. The Morgan fingerprint density at radius 3 is 3.00 bits per heavy atom. The van der Waals surface area contributed by atoms with Crippen LogP contribution in [0.4, 0.5) is 0 Å². The van der Waals surface area contributed by atoms with Crippen LogP contribution in [0.1, 0.15) is 0 Å². The minimum atomic E-state index is -3.41. The number of rotatable bonds is 4. The van der Waals surface area contributed by atoms with Gasteiger partial charge in [-0.3, -0.25) is 0 Å². The molecule has 2 heterocycles. The van der Waals surface area contributed by atoms with E-state index in [0.29, 0.717) is 23.9 Å². The lowest BCUT2D eigenvalue weighted by Crippen LogP contribution is -2.45. The summed E-state index contributed by atoms with van der Waals surface area (Å²) >= 11 is 4.43. The first-order valence-corrected chi connectivity index (χ1v) is 8.24. The number of hydrogen-bond donors (Lipinski definition) is 2. The Morgan fingerprint density at radius 2 is 2.41 bits per heavy atom. The number of nitrogens with one attached hydrogen (secondary N) is 2. The number of thiophene rings is 1. The van der Waals surface area contributed by atoms with E-state index in [1.165, 1.54) is 11.3 Å². The number of ether oxygens (including phenoxy) is 1. The van der Waals surface area contributed by atoms with Crippen LogP contribution < -0.4 is 10.0 Å². The van der Waals surface area contributed by atoms with Gasteiger partial charge >= 0.3 is 0 Å². The Morgan fingerprint density at radius 1 is 1.59 bits per heavy atom. The maximum atomic E-state index is 11.9. The molecule has 0 spiro atoms. The van der Waals surface area contributed by atoms with E-state index in [-0.39, 0.29) is 6.10 Å². The zero-order chi connectivity index (χ0) is 12.3. The molecule has 2 rings (SSSR count). The topological polar surface area (TPSA) is 67.4 Å². The van der Waals surface area contributed by atoms with Gasteiger partial charge in [-0.25, -0.2) is 13.1 Å². The van der Waals surface area contributed by atoms with Crippen molar-refractivity contribution in [1.82, 2.24) is 10.0 Å². The smallest absolute Gasteiger partial charge is 0.250 e. The average molecular weight is 341 g/mol. The molecule has 17 heavy (non-hydrogen) atoms. The predicted octanol–water partition coefficient (Wildman–Crippen LogP) is 0.777. The summed E-state index contributed by atoms with van der Waals surface area (Å²) in [5.41, 5.74) is 0. The largest absolute Gasteiger partial charge is 0.374 e. The molecule has 0 bridgehead atoms. The second-order valence-corrected chi connectivity index (χ2v) is 8.06. The second-order valence-electron chi connectivity index (χ2n) is 3.61. The Bertz CT molecular complexity index is 468. The third-order valence-corrected chi connectivity index (χ3v) is 5.86. The van der Waals surface area contributed by atoms with Crippen LogP contribution in [-0.2, 0) is 14.8 Å². The van der Waals surface area contributed by atoms with E-state index < -0.39 is 10.0 Å². The van der Waals surface area contributed by atoms with Crippen molar-refractivity contribution >= 4 is 37.3 Å². The minimum Gasteiger partial charge on any atom is -0.374 e. The van der Waals surface area contributed by atoms with Crippen molar-refractivity contribution in [2.45, 2.75) is 10.3 Å². The minimum absolute atomic E-state index is 0.0954. The van der Waals surface area contributed by atoms with E-state index in [1.54, 1.807) is 12.1 Å². The van der Waals surface area contributed by atoms with Crippen molar-refractivity contribution < 1.29 is 13.2 Å². The van der Waals surface area contributed by atoms with Gasteiger partial charge in [0.15, 0.2) is 0 Å². The fourth-order valence-electron chi connectivity index (χ4n) is 1.47. The number of hydrogen-bond acceptors (Lipinski definition) is 5. The molecule has 1 saturated heterocycles. The number of sulfonamides is 1. The van der Waals surface area contributed by atoms with Crippen molar-refractivity contribution in [3.8, 4) is 0 Å². The van der Waals surface area contributed by atoms with Crippen molar-refractivity contribution in [3.63, 3.8) is 0 Å². The van der Waals surface area contributed by atoms with Crippen LogP contribution in [0.25, 0.3) is 0 Å². The molecule has 0 radical (unpaired) electrons. The molecule has 8 heteroatoms. The van der Waals surface area contributed by atoms with Crippen LogP contribution in [0.5, 0.6) is 0 Å². The van der Waals surface area contributed by atoms with Crippen molar-refractivity contribution in [2.24, 2.45) is 0 Å². The monoisotopic (exact) mass is 340 g/mol. The van der Waals surface area contributed by atoms with E-state index in [1.807, 2.05) is 0 Å². The predicted molar refractivity (Wildman–Crippen MR) is 69.8 cm³/mol. The molecule has 1 fully saturated rings. The fraction of sp³-hybridized carbons (Fsp3) is 0.556. The molecule has 1 aromatic rings. The van der Waals surface area contributed by atoms with Crippen molar-refractivity contribution in [3.05, 3.63) is 15.9 Å². The molecule has 0 aromatic carbocycles. The van der Waals surface area contributed by atoms with Gasteiger partial charge < -0.3 is 10.1 Å². The molecule has 1 aliphatic heterocycles. The molecule has 2 N–H and O–H groups in total. The highest BCUT2D eigenvalue weighted by Crippen LogP contribution is 2.25. The highest BCUT2D eigenvalue weighted by atomic mass is 79.9. The summed E-state index contributed by atoms with van der Waals surface area (Å²) in [6.45, 7) is 2.42. The SMILES string of the molecule is O=S(=O)(NCC1CNCCO1)c1ccc(Br)s1. The Balaban J connectivity index is 1.93. The van der Waals surface area contributed by atoms with Crippen LogP contribution in [0, 0.1) is 0 Å². The molecule has 0 saturated carbocycles. The molecule has 1 aromatic heterocycles. The lowest BCUT2D eigenvalue weighted by molar-refractivity contribution is 0.0324. The summed E-state index contributed by atoms with van der Waals surface area (Å²) in [5.74, 6) is 0. The fourth-order valence-corrected chi connectivity index (χ4v) is 4.59. The van der Waals surface area contributed by atoms with Crippen LogP contribution in [-0.4, -0.2) is 40.8 Å². The molecule has 5 nitrogen and oxygen atoms in total. The third kappa shape index (κ3) is 3.73. The summed E-state index contributed by atoms with van der Waals surface area (Å²) in [6.07, 6.45) is -0.0954. The van der Waals surface area contributed by atoms with Gasteiger partial charge in [-0.05, 0) is 28.1 Å². The molecular formula is C9H13BrN2O3S2. The first kappa shape index (κ1) is 13.4. The lowest BCUT2D eigenvalue weighted by Gasteiger charge is -2.23. The quantitative estimate of drug-likeness (QED) is 0.849. The van der Waals surface area contributed by atoms with Gasteiger partial charge in [-0.1, -0.05) is 0 Å². The molecule has 1 atom stereocenters. The zero-order valence-electron chi connectivity index (χ0n) is 8.98. The van der Waals surface area contributed by atoms with Gasteiger partial charge in [0.2, 0.25) is 10.0 Å². The standard InChI is InChI=1S/C9H13BrN2O3S2/c10-8-1-2-9(16-8)17(13,14)12-6-7-5-11-3-4-15-7/h1-2,7,11-12H,3-6H2. The van der Waals surface area contributed by atoms with E-state index >= 15 is 0 Å². The summed E-state index contributed by atoms with van der Waals surface area (Å²) in [6, 6.07) is 3.30. The van der Waals surface area contributed by atoms with Crippen LogP contribution in [0.15, 0.2) is 20.1 Å². The number of halogens is 1. The zero-order valence-corrected chi connectivity index (χ0v) is 12.2. The Labute approximate surface area is 113 Å². The first-order chi connectivity index (χ1) is 8.08. The molecule has 1 unspecified atom stereocenters. The highest BCUT2D eigenvalue weighted by Gasteiger charge is 2.20. The molecule has 0 aliphatic carbocycles. The third-order valence-electron chi connectivity index (χ3n) is 2.32. The van der Waals surface area contributed by atoms with Crippen LogP contribution >= 0.6 is 27.3 Å². The summed E-state index contributed by atoms with van der Waals surface area (Å²) < 4.78 is 32.9. The first-order valence-electron chi connectivity index (χ1n) is 5.15. The Kier molecular flexibility index (Phi) is 4.56. The van der Waals surface area contributed by atoms with E-state index in [9.17, 15) is 8.42 Å². The van der Waals surface area contributed by atoms with Crippen LogP contribution in [0.3, 0.4) is 0 Å². The van der Waals surface area contributed by atoms with Gasteiger partial charge in [-0.15, -0.1) is 11.3 Å². The lowest BCUT2D eigenvalue weighted by atomic mass is 10.3. The molecule has 1 aliphatic rings. The maximum absolute atomic E-state index is 11.9. The van der Waals surface area contributed by atoms with Gasteiger partial charge in [-0.2, -0.15) is 0 Å². The van der Waals surface area contributed by atoms with Gasteiger partial charge in [0.05, 0.1) is 16.5 Å². The molecule has 96 valence electrons. The summed E-state index contributed by atoms with van der Waals surface area (Å²) in [4.78, 5) is 0. The summed E-state index contributed by atoms with van der Waals surface area (Å²) in [7, 11) is -3.41. The second kappa shape index (κ2) is 5.77. The number of morpholine rings is 1. The van der Waals surface area contributed by atoms with Crippen molar-refractivity contribution in [2.75, 3.05) is 26.2 Å². The van der Waals surface area contributed by atoms with E-state index in [0.717, 1.165) is 10.3 Å². The van der Waals surface area contributed by atoms with Crippen molar-refractivity contribution in [1.29, 1.82) is 0 Å². The molecular weight excluding hydrogens is 328 g/mol. The van der Waals surface area contributed by atoms with E-state index in [4.69, 9.17) is 4.74 Å². The maximum Gasteiger partial charge on any atom is 0.250 e. The normalized spacial score (nSPS) is 21.6. The van der Waals surface area contributed by atoms with Gasteiger partial charge in [0.25, 0.3) is 0 Å². The van der Waals surface area contributed by atoms with Gasteiger partial charge in [0, 0.05) is 19.6 Å². The summed E-state index contributed by atoms with van der Waals surface area (Å²) in [5, 5.41) is 3.15. The highest BCUT2D eigenvalue weighted by molar-refractivity contribution is 9.11.